The van der Waals surface area contributed by atoms with Crippen molar-refractivity contribution >= 4 is 5.91 Å². The first kappa shape index (κ1) is 16.5. The number of benzene rings is 1. The number of aliphatic hydroxyl groups is 1. The number of primary amides is 1. The van der Waals surface area contributed by atoms with Gasteiger partial charge in [-0.25, -0.2) is 0 Å². The average Bonchev–Trinajstić information content (AvgIpc) is 2.35. The van der Waals surface area contributed by atoms with E-state index in [9.17, 15) is 9.90 Å². The number of nitrogens with two attached hydrogens (primary N) is 1. The van der Waals surface area contributed by atoms with Crippen LogP contribution in [-0.4, -0.2) is 36.3 Å². The van der Waals surface area contributed by atoms with E-state index in [0.717, 1.165) is 16.9 Å². The van der Waals surface area contributed by atoms with Gasteiger partial charge < -0.3 is 20.9 Å². The Kier molecular flexibility index (Phi) is 6.48. The summed E-state index contributed by atoms with van der Waals surface area (Å²) in [6, 6.07) is 5.87. The van der Waals surface area contributed by atoms with Crippen molar-refractivity contribution in [3.8, 4) is 5.75 Å². The maximum atomic E-state index is 10.7. The second-order valence-corrected chi connectivity index (χ2v) is 5.17. The molecule has 0 aromatic heterocycles. The van der Waals surface area contributed by atoms with E-state index in [-0.39, 0.29) is 25.0 Å². The first-order valence-electron chi connectivity index (χ1n) is 6.79. The highest BCUT2D eigenvalue weighted by Gasteiger charge is 2.11. The average molecular weight is 280 g/mol. The van der Waals surface area contributed by atoms with Crippen LogP contribution in [0.1, 0.15) is 24.5 Å². The molecule has 0 radical (unpaired) electrons. The molecule has 0 fully saturated rings. The number of amides is 1. The molecule has 1 amide bonds. The van der Waals surface area contributed by atoms with Crippen LogP contribution in [0.5, 0.6) is 5.75 Å². The van der Waals surface area contributed by atoms with Gasteiger partial charge in [0, 0.05) is 19.0 Å². The minimum Gasteiger partial charge on any atom is -0.490 e. The number of nitrogens with one attached hydrogen (secondary N) is 1. The Balaban J connectivity index is 2.36. The first-order valence-corrected chi connectivity index (χ1v) is 6.79. The number of aryl methyl sites for hydroxylation is 2. The zero-order chi connectivity index (χ0) is 15.1. The molecule has 0 saturated heterocycles. The van der Waals surface area contributed by atoms with Gasteiger partial charge in [-0.1, -0.05) is 18.2 Å². The highest BCUT2D eigenvalue weighted by atomic mass is 16.5. The van der Waals surface area contributed by atoms with Crippen LogP contribution in [0.2, 0.25) is 0 Å². The van der Waals surface area contributed by atoms with Gasteiger partial charge in [0.15, 0.2) is 0 Å². The number of carbonyl (C=O) groups excluding carboxylic acids is 1. The Morgan fingerprint density at radius 3 is 2.55 bits per heavy atom. The Hall–Kier alpha value is -1.59. The molecule has 4 N–H and O–H groups in total. The second kappa shape index (κ2) is 7.87. The van der Waals surface area contributed by atoms with Gasteiger partial charge in [0.2, 0.25) is 5.91 Å². The summed E-state index contributed by atoms with van der Waals surface area (Å²) in [7, 11) is 0. The minimum atomic E-state index is -0.635. The van der Waals surface area contributed by atoms with Crippen LogP contribution in [-0.2, 0) is 4.79 Å². The van der Waals surface area contributed by atoms with Gasteiger partial charge in [0.05, 0.1) is 0 Å². The summed E-state index contributed by atoms with van der Waals surface area (Å²) in [5, 5.41) is 12.9. The molecule has 1 aromatic carbocycles. The van der Waals surface area contributed by atoms with E-state index < -0.39 is 6.10 Å². The highest BCUT2D eigenvalue weighted by molar-refractivity contribution is 5.74. The van der Waals surface area contributed by atoms with Gasteiger partial charge in [-0.15, -0.1) is 0 Å². The summed E-state index contributed by atoms with van der Waals surface area (Å²) in [4.78, 5) is 10.7. The van der Waals surface area contributed by atoms with Crippen LogP contribution in [0.4, 0.5) is 0 Å². The number of hydrogen-bond acceptors (Lipinski definition) is 4. The summed E-state index contributed by atoms with van der Waals surface area (Å²) in [6.07, 6.45) is -0.380. The van der Waals surface area contributed by atoms with Gasteiger partial charge in [-0.3, -0.25) is 4.79 Å². The number of para-hydroxylation sites is 1. The first-order chi connectivity index (χ1) is 9.40. The number of ether oxygens (including phenoxy) is 1. The summed E-state index contributed by atoms with van der Waals surface area (Å²) < 4.78 is 5.66. The molecular formula is C15H24N2O3. The number of aliphatic hydroxyl groups excluding tert-OH is 1. The molecule has 112 valence electrons. The largest absolute Gasteiger partial charge is 0.490 e. The second-order valence-electron chi connectivity index (χ2n) is 5.17. The predicted octanol–water partition coefficient (Wildman–Crippen LogP) is 0.897. The molecule has 5 heteroatoms. The fourth-order valence-electron chi connectivity index (χ4n) is 1.98. The van der Waals surface area contributed by atoms with E-state index in [4.69, 9.17) is 10.5 Å². The number of rotatable bonds is 8. The van der Waals surface area contributed by atoms with Crippen LogP contribution in [0.15, 0.2) is 18.2 Å². The third kappa shape index (κ3) is 5.59. The van der Waals surface area contributed by atoms with Crippen LogP contribution in [0.3, 0.4) is 0 Å². The molecule has 1 rings (SSSR count). The van der Waals surface area contributed by atoms with Crippen molar-refractivity contribution in [1.29, 1.82) is 0 Å². The summed E-state index contributed by atoms with van der Waals surface area (Å²) >= 11 is 0. The Bertz CT molecular complexity index is 428. The fourth-order valence-corrected chi connectivity index (χ4v) is 1.98. The molecule has 0 aliphatic rings. The lowest BCUT2D eigenvalue weighted by Gasteiger charge is -2.18. The Labute approximate surface area is 120 Å². The minimum absolute atomic E-state index is 0.0534. The maximum Gasteiger partial charge on any atom is 0.218 e. The quantitative estimate of drug-likeness (QED) is 0.660. The van der Waals surface area contributed by atoms with Crippen molar-refractivity contribution in [2.75, 3.05) is 13.2 Å². The lowest BCUT2D eigenvalue weighted by atomic mass is 10.1. The molecule has 0 saturated carbocycles. The highest BCUT2D eigenvalue weighted by Crippen LogP contribution is 2.22. The van der Waals surface area contributed by atoms with E-state index in [2.05, 4.69) is 5.32 Å². The molecule has 2 unspecified atom stereocenters. The Morgan fingerprint density at radius 1 is 1.40 bits per heavy atom. The normalized spacial score (nSPS) is 13.8. The van der Waals surface area contributed by atoms with E-state index in [1.807, 2.05) is 39.0 Å². The van der Waals surface area contributed by atoms with E-state index in [0.29, 0.717) is 6.54 Å². The van der Waals surface area contributed by atoms with E-state index >= 15 is 0 Å². The van der Waals surface area contributed by atoms with Crippen molar-refractivity contribution in [1.82, 2.24) is 5.32 Å². The molecule has 20 heavy (non-hydrogen) atoms. The third-order valence-corrected chi connectivity index (χ3v) is 3.04. The van der Waals surface area contributed by atoms with E-state index in [1.165, 1.54) is 0 Å². The summed E-state index contributed by atoms with van der Waals surface area (Å²) in [5.74, 6) is 0.461. The number of hydrogen-bond donors (Lipinski definition) is 3. The molecule has 0 spiro atoms. The number of carbonyl (C=O) groups is 1. The maximum absolute atomic E-state index is 10.7. The molecule has 0 bridgehead atoms. The summed E-state index contributed by atoms with van der Waals surface area (Å²) in [6.45, 7) is 6.37. The van der Waals surface area contributed by atoms with Crippen LogP contribution in [0.25, 0.3) is 0 Å². The molecule has 2 atom stereocenters. The van der Waals surface area contributed by atoms with Crippen molar-refractivity contribution < 1.29 is 14.6 Å². The van der Waals surface area contributed by atoms with Crippen molar-refractivity contribution in [3.63, 3.8) is 0 Å². The topological polar surface area (TPSA) is 84.6 Å². The van der Waals surface area contributed by atoms with Crippen LogP contribution in [0, 0.1) is 13.8 Å². The van der Waals surface area contributed by atoms with Crippen molar-refractivity contribution in [2.24, 2.45) is 5.73 Å². The lowest BCUT2D eigenvalue weighted by Crippen LogP contribution is -2.38. The molecule has 0 aliphatic heterocycles. The van der Waals surface area contributed by atoms with Crippen molar-refractivity contribution in [2.45, 2.75) is 39.3 Å². The van der Waals surface area contributed by atoms with Crippen molar-refractivity contribution in [3.05, 3.63) is 29.3 Å². The molecular weight excluding hydrogens is 256 g/mol. The summed E-state index contributed by atoms with van der Waals surface area (Å²) in [5.41, 5.74) is 7.20. The van der Waals surface area contributed by atoms with Crippen LogP contribution < -0.4 is 15.8 Å². The molecule has 0 aliphatic carbocycles. The zero-order valence-corrected chi connectivity index (χ0v) is 12.3. The third-order valence-electron chi connectivity index (χ3n) is 3.04. The van der Waals surface area contributed by atoms with Gasteiger partial charge in [-0.05, 0) is 31.9 Å². The smallest absolute Gasteiger partial charge is 0.218 e. The fraction of sp³-hybridized carbons (Fsp3) is 0.533. The molecule has 5 nitrogen and oxygen atoms in total. The standard InChI is InChI=1S/C15H24N2O3/c1-10-5-4-6-11(2)15(10)20-9-13(18)8-17-12(3)7-14(16)19/h4-6,12-13,17-18H,7-9H2,1-3H3,(H2,16,19). The van der Waals surface area contributed by atoms with E-state index in [1.54, 1.807) is 0 Å². The molecule has 1 aromatic rings. The van der Waals surface area contributed by atoms with Gasteiger partial charge in [0.25, 0.3) is 0 Å². The van der Waals surface area contributed by atoms with Gasteiger partial charge in [0.1, 0.15) is 18.5 Å². The van der Waals surface area contributed by atoms with Crippen LogP contribution >= 0.6 is 0 Å². The SMILES string of the molecule is Cc1cccc(C)c1OCC(O)CNC(C)CC(N)=O. The predicted molar refractivity (Wildman–Crippen MR) is 78.7 cm³/mol. The monoisotopic (exact) mass is 280 g/mol. The van der Waals surface area contributed by atoms with Gasteiger partial charge >= 0.3 is 0 Å². The van der Waals surface area contributed by atoms with Gasteiger partial charge in [-0.2, -0.15) is 0 Å². The molecule has 0 heterocycles. The zero-order valence-electron chi connectivity index (χ0n) is 12.3. The Morgan fingerprint density at radius 2 is 2.00 bits per heavy atom. The lowest BCUT2D eigenvalue weighted by molar-refractivity contribution is -0.118.